The van der Waals surface area contributed by atoms with Crippen molar-refractivity contribution in [1.82, 2.24) is 10.2 Å². The van der Waals surface area contributed by atoms with Gasteiger partial charge in [-0.05, 0) is 61.6 Å². The van der Waals surface area contributed by atoms with Crippen LogP contribution >= 0.6 is 0 Å². The maximum Gasteiger partial charge on any atom is 0.230 e. The third-order valence-electron chi connectivity index (χ3n) is 6.14. The average molecular weight is 298 g/mol. The molecule has 1 aromatic rings. The second-order valence-corrected chi connectivity index (χ2v) is 7.40. The van der Waals surface area contributed by atoms with Crippen LogP contribution in [0.1, 0.15) is 49.1 Å². The third-order valence-corrected chi connectivity index (χ3v) is 6.14. The standard InChI is InChI=1S/C19H26N2O/c22-18(17-7-3-5-15-4-1-2-6-16(15)17)21-12-9-19(10-13-21)8-11-20-14-19/h1-2,4,6,17,20H,3,5,7-14H2/t17-/m1/s1. The summed E-state index contributed by atoms with van der Waals surface area (Å²) in [5.74, 6) is 0.494. The van der Waals surface area contributed by atoms with E-state index < -0.39 is 0 Å². The van der Waals surface area contributed by atoms with Crippen LogP contribution in [-0.2, 0) is 11.2 Å². The minimum atomic E-state index is 0.112. The Labute approximate surface area is 133 Å². The molecule has 0 radical (unpaired) electrons. The molecule has 3 nitrogen and oxygen atoms in total. The highest BCUT2D eigenvalue weighted by Crippen LogP contribution is 2.39. The van der Waals surface area contributed by atoms with E-state index in [0.717, 1.165) is 45.4 Å². The fraction of sp³-hybridized carbons (Fsp3) is 0.632. The molecule has 3 heteroatoms. The number of carbonyl (C=O) groups excluding carboxylic acids is 1. The first-order valence-corrected chi connectivity index (χ1v) is 8.85. The van der Waals surface area contributed by atoms with Crippen LogP contribution in [0.5, 0.6) is 0 Å². The molecule has 4 rings (SSSR count). The molecule has 2 fully saturated rings. The zero-order valence-electron chi connectivity index (χ0n) is 13.3. The SMILES string of the molecule is O=C([C@@H]1CCCc2ccccc21)N1CCC2(CCNC2)CC1. The summed E-state index contributed by atoms with van der Waals surface area (Å²) in [4.78, 5) is 15.2. The Bertz CT molecular complexity index is 552. The molecule has 1 atom stereocenters. The van der Waals surface area contributed by atoms with Gasteiger partial charge in [-0.25, -0.2) is 0 Å². The molecule has 1 amide bonds. The third kappa shape index (κ3) is 2.45. The number of hydrogen-bond donors (Lipinski definition) is 1. The molecule has 3 aliphatic rings. The predicted molar refractivity (Wildman–Crippen MR) is 87.9 cm³/mol. The molecule has 2 aliphatic heterocycles. The minimum Gasteiger partial charge on any atom is -0.342 e. The van der Waals surface area contributed by atoms with Crippen LogP contribution in [0.25, 0.3) is 0 Å². The van der Waals surface area contributed by atoms with Crippen molar-refractivity contribution >= 4 is 5.91 Å². The van der Waals surface area contributed by atoms with E-state index in [9.17, 15) is 4.79 Å². The summed E-state index contributed by atoms with van der Waals surface area (Å²) in [5.41, 5.74) is 3.17. The van der Waals surface area contributed by atoms with E-state index in [1.165, 1.54) is 30.4 Å². The first kappa shape index (κ1) is 14.3. The van der Waals surface area contributed by atoms with Gasteiger partial charge < -0.3 is 10.2 Å². The second-order valence-electron chi connectivity index (χ2n) is 7.40. The summed E-state index contributed by atoms with van der Waals surface area (Å²) in [5, 5.41) is 3.50. The van der Waals surface area contributed by atoms with Crippen molar-refractivity contribution in [2.75, 3.05) is 26.2 Å². The molecule has 1 aromatic carbocycles. The van der Waals surface area contributed by atoms with Crippen LogP contribution < -0.4 is 5.32 Å². The summed E-state index contributed by atoms with van der Waals surface area (Å²) >= 11 is 0. The molecule has 0 saturated carbocycles. The lowest BCUT2D eigenvalue weighted by Crippen LogP contribution is -2.46. The minimum absolute atomic E-state index is 0.112. The molecule has 1 N–H and O–H groups in total. The Morgan fingerprint density at radius 2 is 2.00 bits per heavy atom. The average Bonchev–Trinajstić information content (AvgIpc) is 3.02. The molecule has 1 spiro atoms. The van der Waals surface area contributed by atoms with Gasteiger partial charge in [-0.2, -0.15) is 0 Å². The molecule has 22 heavy (non-hydrogen) atoms. The Balaban J connectivity index is 1.47. The van der Waals surface area contributed by atoms with Crippen LogP contribution in [0.4, 0.5) is 0 Å². The molecule has 0 aromatic heterocycles. The molecule has 2 saturated heterocycles. The number of piperidine rings is 1. The number of rotatable bonds is 1. The fourth-order valence-electron chi connectivity index (χ4n) is 4.65. The lowest BCUT2D eigenvalue weighted by Gasteiger charge is -2.40. The normalized spacial score (nSPS) is 26.9. The number of nitrogens with zero attached hydrogens (tertiary/aromatic N) is 1. The van der Waals surface area contributed by atoms with Crippen LogP contribution in [0, 0.1) is 5.41 Å². The number of hydrogen-bond acceptors (Lipinski definition) is 2. The molecule has 2 heterocycles. The smallest absolute Gasteiger partial charge is 0.230 e. The summed E-state index contributed by atoms with van der Waals surface area (Å²) in [7, 11) is 0. The van der Waals surface area contributed by atoms with Crippen LogP contribution in [0.3, 0.4) is 0 Å². The molecular weight excluding hydrogens is 272 g/mol. The van der Waals surface area contributed by atoms with Crippen molar-refractivity contribution in [1.29, 1.82) is 0 Å². The number of nitrogens with one attached hydrogen (secondary N) is 1. The largest absolute Gasteiger partial charge is 0.342 e. The predicted octanol–water partition coefficient (Wildman–Crippen LogP) is 2.71. The highest BCUT2D eigenvalue weighted by Gasteiger charge is 2.39. The number of amides is 1. The van der Waals surface area contributed by atoms with Gasteiger partial charge in [0.15, 0.2) is 0 Å². The zero-order chi connectivity index (χ0) is 15.0. The number of aryl methyl sites for hydroxylation is 1. The van der Waals surface area contributed by atoms with E-state index in [-0.39, 0.29) is 5.92 Å². The van der Waals surface area contributed by atoms with Crippen molar-refractivity contribution in [3.05, 3.63) is 35.4 Å². The molecule has 118 valence electrons. The first-order chi connectivity index (χ1) is 10.8. The molecule has 1 aliphatic carbocycles. The second kappa shape index (κ2) is 5.69. The van der Waals surface area contributed by atoms with Gasteiger partial charge in [0.1, 0.15) is 0 Å². The van der Waals surface area contributed by atoms with E-state index in [4.69, 9.17) is 0 Å². The van der Waals surface area contributed by atoms with Gasteiger partial charge in [-0.3, -0.25) is 4.79 Å². The maximum atomic E-state index is 13.0. The van der Waals surface area contributed by atoms with Crippen molar-refractivity contribution in [3.63, 3.8) is 0 Å². The Kier molecular flexibility index (Phi) is 3.69. The quantitative estimate of drug-likeness (QED) is 0.864. The monoisotopic (exact) mass is 298 g/mol. The van der Waals surface area contributed by atoms with E-state index in [0.29, 0.717) is 11.3 Å². The van der Waals surface area contributed by atoms with Gasteiger partial charge >= 0.3 is 0 Å². The fourth-order valence-corrected chi connectivity index (χ4v) is 4.65. The maximum absolute atomic E-state index is 13.0. The van der Waals surface area contributed by atoms with E-state index in [1.807, 2.05) is 0 Å². The Morgan fingerprint density at radius 3 is 2.77 bits per heavy atom. The van der Waals surface area contributed by atoms with E-state index in [1.54, 1.807) is 0 Å². The summed E-state index contributed by atoms with van der Waals surface area (Å²) in [6.45, 7) is 4.23. The van der Waals surface area contributed by atoms with Gasteiger partial charge in [0.25, 0.3) is 0 Å². The van der Waals surface area contributed by atoms with Crippen molar-refractivity contribution in [2.24, 2.45) is 5.41 Å². The van der Waals surface area contributed by atoms with Crippen molar-refractivity contribution < 1.29 is 4.79 Å². The highest BCUT2D eigenvalue weighted by atomic mass is 16.2. The molecular formula is C19H26N2O. The van der Waals surface area contributed by atoms with E-state index in [2.05, 4.69) is 34.5 Å². The lowest BCUT2D eigenvalue weighted by atomic mass is 9.77. The summed E-state index contributed by atoms with van der Waals surface area (Å²) < 4.78 is 0. The summed E-state index contributed by atoms with van der Waals surface area (Å²) in [6, 6.07) is 8.55. The van der Waals surface area contributed by atoms with Crippen LogP contribution in [-0.4, -0.2) is 37.0 Å². The van der Waals surface area contributed by atoms with Gasteiger partial charge in [0, 0.05) is 19.6 Å². The van der Waals surface area contributed by atoms with Gasteiger partial charge in [0.2, 0.25) is 5.91 Å². The molecule has 0 unspecified atom stereocenters. The highest BCUT2D eigenvalue weighted by molar-refractivity contribution is 5.84. The Morgan fingerprint density at radius 1 is 1.18 bits per heavy atom. The van der Waals surface area contributed by atoms with Gasteiger partial charge in [0.05, 0.1) is 5.92 Å². The number of likely N-dealkylation sites (tertiary alicyclic amines) is 1. The van der Waals surface area contributed by atoms with Crippen LogP contribution in [0.15, 0.2) is 24.3 Å². The topological polar surface area (TPSA) is 32.3 Å². The molecule has 0 bridgehead atoms. The van der Waals surface area contributed by atoms with Gasteiger partial charge in [-0.15, -0.1) is 0 Å². The first-order valence-electron chi connectivity index (χ1n) is 8.85. The van der Waals surface area contributed by atoms with Crippen molar-refractivity contribution in [2.45, 2.75) is 44.4 Å². The summed E-state index contributed by atoms with van der Waals surface area (Å²) in [6.07, 6.45) is 6.96. The lowest BCUT2D eigenvalue weighted by molar-refractivity contribution is -0.135. The Hall–Kier alpha value is -1.35. The van der Waals surface area contributed by atoms with Crippen LogP contribution in [0.2, 0.25) is 0 Å². The van der Waals surface area contributed by atoms with Crippen molar-refractivity contribution in [3.8, 4) is 0 Å². The number of fused-ring (bicyclic) bond motifs is 1. The van der Waals surface area contributed by atoms with E-state index >= 15 is 0 Å². The number of benzene rings is 1. The van der Waals surface area contributed by atoms with Gasteiger partial charge in [-0.1, -0.05) is 24.3 Å². The zero-order valence-corrected chi connectivity index (χ0v) is 13.3. The number of carbonyl (C=O) groups is 1.